The molecule has 0 spiro atoms. The first-order valence-electron chi connectivity index (χ1n) is 9.01. The number of rotatable bonds is 5. The number of fused-ring (bicyclic) bond motifs is 1. The van der Waals surface area contributed by atoms with E-state index < -0.39 is 0 Å². The predicted molar refractivity (Wildman–Crippen MR) is 126 cm³/mol. The topological polar surface area (TPSA) is 63.2 Å². The number of benzene rings is 3. The molecule has 0 saturated carbocycles. The highest BCUT2D eigenvalue weighted by atomic mass is 35.5. The molecule has 150 valence electrons. The summed E-state index contributed by atoms with van der Waals surface area (Å²) in [4.78, 5) is 16.7. The molecule has 0 atom stereocenters. The number of anilines is 1. The van der Waals surface area contributed by atoms with Crippen molar-refractivity contribution in [2.45, 2.75) is 0 Å². The van der Waals surface area contributed by atoms with Crippen LogP contribution in [0.15, 0.2) is 72.1 Å². The number of carbonyl (C=O) groups excluding carboxylic acids is 1. The molecule has 3 aromatic carbocycles. The Balaban J connectivity index is 1.35. The van der Waals surface area contributed by atoms with Gasteiger partial charge >= 0.3 is 0 Å². The molecule has 0 unspecified atom stereocenters. The normalized spacial score (nSPS) is 10.6. The molecule has 0 saturated heterocycles. The van der Waals surface area contributed by atoms with Crippen molar-refractivity contribution < 1.29 is 9.53 Å². The van der Waals surface area contributed by atoms with Gasteiger partial charge in [-0.15, -0.1) is 11.3 Å². The van der Waals surface area contributed by atoms with Crippen LogP contribution in [-0.2, 0) is 4.79 Å². The van der Waals surface area contributed by atoms with Crippen molar-refractivity contribution in [3.63, 3.8) is 0 Å². The standard InChI is InChI=1S/C22H16ClN3O2S2/c23-15-8-10-16(11-9-15)28-12-20(27)25-21(29)26-22-24-19(13-30-22)18-7-3-5-14-4-1-2-6-17(14)18/h1-11,13H,12H2,(H2,24,25,26,27,29). The molecule has 0 aliphatic heterocycles. The van der Waals surface area contributed by atoms with E-state index in [0.717, 1.165) is 22.0 Å². The summed E-state index contributed by atoms with van der Waals surface area (Å²) in [6, 6.07) is 21.0. The highest BCUT2D eigenvalue weighted by Gasteiger charge is 2.11. The molecule has 0 aliphatic rings. The molecule has 5 nitrogen and oxygen atoms in total. The summed E-state index contributed by atoms with van der Waals surface area (Å²) in [6.07, 6.45) is 0. The molecule has 0 aliphatic carbocycles. The number of hydrogen-bond donors (Lipinski definition) is 2. The number of halogens is 1. The third kappa shape index (κ3) is 4.94. The summed E-state index contributed by atoms with van der Waals surface area (Å²) in [5, 5.41) is 11.1. The Labute approximate surface area is 187 Å². The Morgan fingerprint density at radius 3 is 2.67 bits per heavy atom. The fourth-order valence-electron chi connectivity index (χ4n) is 2.87. The minimum atomic E-state index is -0.367. The molecular weight excluding hydrogens is 438 g/mol. The van der Waals surface area contributed by atoms with E-state index in [1.807, 2.05) is 29.6 Å². The second kappa shape index (κ2) is 9.21. The van der Waals surface area contributed by atoms with E-state index in [1.54, 1.807) is 24.3 Å². The van der Waals surface area contributed by atoms with Gasteiger partial charge in [0.1, 0.15) is 5.75 Å². The van der Waals surface area contributed by atoms with Crippen molar-refractivity contribution in [2.75, 3.05) is 11.9 Å². The van der Waals surface area contributed by atoms with Gasteiger partial charge in [0.15, 0.2) is 16.9 Å². The number of aromatic nitrogens is 1. The third-order valence-electron chi connectivity index (χ3n) is 4.23. The Kier molecular flexibility index (Phi) is 6.23. The zero-order valence-corrected chi connectivity index (χ0v) is 18.0. The monoisotopic (exact) mass is 453 g/mol. The Morgan fingerprint density at radius 2 is 1.83 bits per heavy atom. The lowest BCUT2D eigenvalue weighted by Gasteiger charge is -2.09. The van der Waals surface area contributed by atoms with Gasteiger partial charge in [-0.05, 0) is 47.3 Å². The predicted octanol–water partition coefficient (Wildman–Crippen LogP) is 5.51. The zero-order valence-electron chi connectivity index (χ0n) is 15.6. The van der Waals surface area contributed by atoms with E-state index in [4.69, 9.17) is 28.6 Å². The number of thiocarbonyl (C=S) groups is 1. The first kappa shape index (κ1) is 20.3. The van der Waals surface area contributed by atoms with Gasteiger partial charge in [-0.25, -0.2) is 4.98 Å². The number of nitrogens with one attached hydrogen (secondary N) is 2. The number of thiazole rings is 1. The van der Waals surface area contributed by atoms with Crippen LogP contribution in [0.3, 0.4) is 0 Å². The number of amides is 1. The van der Waals surface area contributed by atoms with Gasteiger partial charge in [-0.3, -0.25) is 10.1 Å². The molecule has 1 aromatic heterocycles. The maximum absolute atomic E-state index is 12.1. The Bertz CT molecular complexity index is 1200. The smallest absolute Gasteiger partial charge is 0.264 e. The third-order valence-corrected chi connectivity index (χ3v) is 5.44. The van der Waals surface area contributed by atoms with Crippen LogP contribution in [0.1, 0.15) is 0 Å². The van der Waals surface area contributed by atoms with E-state index in [0.29, 0.717) is 15.9 Å². The molecule has 4 aromatic rings. The number of nitrogens with zero attached hydrogens (tertiary/aromatic N) is 1. The van der Waals surface area contributed by atoms with Gasteiger partial charge < -0.3 is 10.1 Å². The van der Waals surface area contributed by atoms with E-state index in [1.165, 1.54) is 11.3 Å². The van der Waals surface area contributed by atoms with Crippen molar-refractivity contribution in [3.8, 4) is 17.0 Å². The molecule has 2 N–H and O–H groups in total. The average molecular weight is 454 g/mol. The summed E-state index contributed by atoms with van der Waals surface area (Å²) in [5.41, 5.74) is 1.89. The van der Waals surface area contributed by atoms with E-state index >= 15 is 0 Å². The number of ether oxygens (including phenoxy) is 1. The van der Waals surface area contributed by atoms with Crippen molar-refractivity contribution in [1.82, 2.24) is 10.3 Å². The lowest BCUT2D eigenvalue weighted by molar-refractivity contribution is -0.121. The van der Waals surface area contributed by atoms with E-state index in [9.17, 15) is 4.79 Å². The molecule has 1 amide bonds. The lowest BCUT2D eigenvalue weighted by Crippen LogP contribution is -2.37. The molecule has 30 heavy (non-hydrogen) atoms. The molecule has 4 rings (SSSR count). The maximum Gasteiger partial charge on any atom is 0.264 e. The van der Waals surface area contributed by atoms with Crippen LogP contribution in [0.2, 0.25) is 5.02 Å². The van der Waals surface area contributed by atoms with Crippen molar-refractivity contribution in [1.29, 1.82) is 0 Å². The summed E-state index contributed by atoms with van der Waals surface area (Å²) in [6.45, 7) is -0.164. The SMILES string of the molecule is O=C(COc1ccc(Cl)cc1)NC(=S)Nc1nc(-c2cccc3ccccc23)cs1. The van der Waals surface area contributed by atoms with Crippen LogP contribution < -0.4 is 15.4 Å². The van der Waals surface area contributed by atoms with E-state index in [-0.39, 0.29) is 17.6 Å². The Hall–Kier alpha value is -3.00. The molecule has 0 radical (unpaired) electrons. The Morgan fingerprint density at radius 1 is 1.07 bits per heavy atom. The highest BCUT2D eigenvalue weighted by molar-refractivity contribution is 7.80. The van der Waals surface area contributed by atoms with Crippen LogP contribution in [-0.4, -0.2) is 22.6 Å². The van der Waals surface area contributed by atoms with Crippen LogP contribution in [0.5, 0.6) is 5.75 Å². The van der Waals surface area contributed by atoms with Gasteiger partial charge in [-0.1, -0.05) is 54.1 Å². The molecule has 0 fully saturated rings. The number of hydrogen-bond acceptors (Lipinski definition) is 5. The van der Waals surface area contributed by atoms with Gasteiger partial charge in [0.2, 0.25) is 0 Å². The quantitative estimate of drug-likeness (QED) is 0.390. The first-order valence-corrected chi connectivity index (χ1v) is 10.7. The van der Waals surface area contributed by atoms with Crippen molar-refractivity contribution in [2.24, 2.45) is 0 Å². The van der Waals surface area contributed by atoms with Crippen molar-refractivity contribution in [3.05, 3.63) is 77.1 Å². The second-order valence-corrected chi connectivity index (χ2v) is 8.01. The molecule has 0 bridgehead atoms. The molecule has 1 heterocycles. The van der Waals surface area contributed by atoms with Crippen LogP contribution in [0.4, 0.5) is 5.13 Å². The van der Waals surface area contributed by atoms with Crippen LogP contribution >= 0.6 is 35.2 Å². The summed E-state index contributed by atoms with van der Waals surface area (Å²) in [5.74, 6) is 0.182. The summed E-state index contributed by atoms with van der Waals surface area (Å²) < 4.78 is 5.41. The average Bonchev–Trinajstić information content (AvgIpc) is 3.21. The van der Waals surface area contributed by atoms with Gasteiger partial charge in [0.05, 0.1) is 5.69 Å². The number of carbonyl (C=O) groups is 1. The summed E-state index contributed by atoms with van der Waals surface area (Å²) in [7, 11) is 0. The van der Waals surface area contributed by atoms with E-state index in [2.05, 4.69) is 33.8 Å². The van der Waals surface area contributed by atoms with Gasteiger partial charge in [-0.2, -0.15) is 0 Å². The largest absolute Gasteiger partial charge is 0.484 e. The van der Waals surface area contributed by atoms with Crippen molar-refractivity contribution >= 4 is 62.1 Å². The second-order valence-electron chi connectivity index (χ2n) is 6.31. The molecular formula is C22H16ClN3O2S2. The highest BCUT2D eigenvalue weighted by Crippen LogP contribution is 2.30. The first-order chi connectivity index (χ1) is 14.6. The molecule has 8 heteroatoms. The summed E-state index contributed by atoms with van der Waals surface area (Å²) >= 11 is 12.5. The van der Waals surface area contributed by atoms with Gasteiger partial charge in [0.25, 0.3) is 5.91 Å². The van der Waals surface area contributed by atoms with Crippen LogP contribution in [0, 0.1) is 0 Å². The zero-order chi connectivity index (χ0) is 20.9. The minimum absolute atomic E-state index is 0.164. The fourth-order valence-corrected chi connectivity index (χ4v) is 3.99. The fraction of sp³-hybridized carbons (Fsp3) is 0.0455. The lowest BCUT2D eigenvalue weighted by atomic mass is 10.0. The van der Waals surface area contributed by atoms with Crippen LogP contribution in [0.25, 0.3) is 22.0 Å². The minimum Gasteiger partial charge on any atom is -0.484 e. The van der Waals surface area contributed by atoms with Gasteiger partial charge in [0, 0.05) is 16.0 Å². The maximum atomic E-state index is 12.1.